The van der Waals surface area contributed by atoms with E-state index in [-0.39, 0.29) is 218 Å². The van der Waals surface area contributed by atoms with Gasteiger partial charge in [-0.15, -0.1) is 0 Å². The topological polar surface area (TPSA) is 650 Å². The summed E-state index contributed by atoms with van der Waals surface area (Å²) in [5, 5.41) is 226. The highest BCUT2D eigenvalue weighted by molar-refractivity contribution is 4.80. The Hall–Kier alpha value is -1.72. The summed E-state index contributed by atoms with van der Waals surface area (Å²) < 4.78 is 115. The molecule has 0 aromatic heterocycles. The zero-order valence-electron chi connectivity index (χ0n) is 62.6. The summed E-state index contributed by atoms with van der Waals surface area (Å²) in [4.78, 5) is 0. The molecule has 0 saturated carbocycles. The van der Waals surface area contributed by atoms with Crippen LogP contribution in [0.1, 0.15) is 13.3 Å². The van der Waals surface area contributed by atoms with E-state index in [1.165, 1.54) is 0 Å². The summed E-state index contributed by atoms with van der Waals surface area (Å²) in [7, 11) is 0. The minimum Gasteiger partial charge on any atom is -0.394 e. The molecule has 656 valence electrons. The molecule has 0 bridgehead atoms. The Morgan fingerprint density at radius 1 is 0.165 bits per heavy atom. The molecule has 0 spiro atoms. The van der Waals surface area contributed by atoms with Crippen molar-refractivity contribution in [2.24, 2.45) is 5.41 Å². The van der Waals surface area contributed by atoms with Crippen molar-refractivity contribution in [3.05, 3.63) is 0 Å². The van der Waals surface area contributed by atoms with E-state index in [0.717, 1.165) is 0 Å². The third kappa shape index (κ3) is 62.2. The SMILES string of the molecule is CCC(COCC(COCC(COCC(O)CO)OCC(O)COCC(O)CO)OCC(O)CO)(COCC(COCC(O)COCC(O)CO)OCC(O)COCC(O)CO)COCC(COCC(COCC(O)COCC(O)CO)OCC(O)COCC(O)CO)OCC(O)COCC(CO)OCC(O)CO. The van der Waals surface area contributed by atoms with Gasteiger partial charge in [0.15, 0.2) is 0 Å². The first-order chi connectivity index (χ1) is 52.3. The maximum atomic E-state index is 11.1. The van der Waals surface area contributed by atoms with Crippen LogP contribution in [0.25, 0.3) is 0 Å². The van der Waals surface area contributed by atoms with Gasteiger partial charge in [0, 0.05) is 5.41 Å². The van der Waals surface area contributed by atoms with E-state index in [2.05, 4.69) is 0 Å². The highest BCUT2D eigenvalue weighted by atomic mass is 16.6. The van der Waals surface area contributed by atoms with Crippen molar-refractivity contribution in [3.63, 3.8) is 0 Å². The van der Waals surface area contributed by atoms with Gasteiger partial charge in [0.1, 0.15) is 122 Å². The zero-order valence-corrected chi connectivity index (χ0v) is 62.6. The highest BCUT2D eigenvalue weighted by Crippen LogP contribution is 2.25. The van der Waals surface area contributed by atoms with E-state index in [1.807, 2.05) is 0 Å². The third-order valence-corrected chi connectivity index (χ3v) is 14.7. The standard InChI is InChI=1S/C66H134O43/c1-2-66(43-101-40-63(108-30-58(88)24-94-16-50(80)7-71)35-98-21-55(85)19-91-13-47(77)4-68,44-102-41-64(105-27-53(83)10-74)38-99-36-61(33-95-17-51(81)8-72)106-28-56(86)22-92-14-48(78)5-69)45-103-42-65(109-31-59(89)25-96-32-60(11-75)104-26-52(82)9-73)39-100-37-62(107-29-57(87)23-93-15-49(79)6-70)34-97-20-54(84)18-90-12-46(76)3-67/h46-65,67-89H,2-45H2,1H3. The fourth-order valence-electron chi connectivity index (χ4n) is 8.42. The number of hydrogen-bond acceptors (Lipinski definition) is 43. The molecule has 43 heteroatoms. The monoisotopic (exact) mass is 1610 g/mol. The highest BCUT2D eigenvalue weighted by Gasteiger charge is 2.33. The molecule has 0 aromatic carbocycles. The van der Waals surface area contributed by atoms with Crippen LogP contribution >= 0.6 is 0 Å². The number of aliphatic hydroxyl groups is 23. The lowest BCUT2D eigenvalue weighted by molar-refractivity contribution is -0.147. The molecule has 23 N–H and O–H groups in total. The number of aliphatic hydroxyl groups excluding tert-OH is 23. The largest absolute Gasteiger partial charge is 0.394 e. The van der Waals surface area contributed by atoms with E-state index in [0.29, 0.717) is 0 Å². The molecule has 0 aliphatic carbocycles. The van der Waals surface area contributed by atoms with Crippen LogP contribution in [0.4, 0.5) is 0 Å². The fraction of sp³-hybridized carbons (Fsp3) is 1.00. The average molecular weight is 1620 g/mol. The Bertz CT molecular complexity index is 1930. The molecule has 0 aromatic rings. The van der Waals surface area contributed by atoms with Gasteiger partial charge in [-0.3, -0.25) is 0 Å². The Morgan fingerprint density at radius 2 is 0.303 bits per heavy atom. The van der Waals surface area contributed by atoms with E-state index in [1.54, 1.807) is 6.92 Å². The minimum atomic E-state index is -1.35. The maximum Gasteiger partial charge on any atom is 0.104 e. The summed E-state index contributed by atoms with van der Waals surface area (Å²) in [6, 6.07) is 0. The molecular weight excluding hydrogens is 1480 g/mol. The van der Waals surface area contributed by atoms with E-state index in [4.69, 9.17) is 110 Å². The van der Waals surface area contributed by atoms with Gasteiger partial charge in [-0.25, -0.2) is 0 Å². The molecule has 0 aliphatic heterocycles. The first-order valence-corrected chi connectivity index (χ1v) is 36.1. The van der Waals surface area contributed by atoms with Crippen LogP contribution in [0, 0.1) is 5.41 Å². The van der Waals surface area contributed by atoms with E-state index >= 15 is 0 Å². The van der Waals surface area contributed by atoms with E-state index < -0.39 is 200 Å². The second-order valence-electron chi connectivity index (χ2n) is 25.8. The van der Waals surface area contributed by atoms with Gasteiger partial charge in [0.05, 0.1) is 284 Å². The van der Waals surface area contributed by atoms with Crippen LogP contribution in [0.5, 0.6) is 0 Å². The Morgan fingerprint density at radius 3 is 0.495 bits per heavy atom. The summed E-state index contributed by atoms with van der Waals surface area (Å²) in [6.45, 7) is -13.6. The first-order valence-electron chi connectivity index (χ1n) is 36.1. The first kappa shape index (κ1) is 107. The number of hydrogen-bond donors (Lipinski definition) is 23. The van der Waals surface area contributed by atoms with Gasteiger partial charge >= 0.3 is 0 Å². The van der Waals surface area contributed by atoms with Gasteiger partial charge in [-0.1, -0.05) is 6.92 Å². The molecular formula is C66H134O43. The predicted octanol–water partition coefficient (Wildman–Crippen LogP) is -13.1. The maximum absolute atomic E-state index is 11.1. The van der Waals surface area contributed by atoms with Crippen molar-refractivity contribution in [2.45, 2.75) is 135 Å². The van der Waals surface area contributed by atoms with Crippen LogP contribution in [-0.2, 0) is 94.7 Å². The Kier molecular flexibility index (Phi) is 70.5. The molecule has 0 heterocycles. The third-order valence-electron chi connectivity index (χ3n) is 14.7. The van der Waals surface area contributed by atoms with Crippen LogP contribution in [0.15, 0.2) is 0 Å². The minimum absolute atomic E-state index is 0.204. The van der Waals surface area contributed by atoms with Gasteiger partial charge < -0.3 is 212 Å². The van der Waals surface area contributed by atoms with Crippen molar-refractivity contribution in [1.82, 2.24) is 0 Å². The summed E-state index contributed by atoms with van der Waals surface area (Å²) in [5.74, 6) is 0. The van der Waals surface area contributed by atoms with Crippen molar-refractivity contribution in [3.8, 4) is 0 Å². The molecule has 0 fully saturated rings. The lowest BCUT2D eigenvalue weighted by atomic mass is 9.88. The lowest BCUT2D eigenvalue weighted by Crippen LogP contribution is -2.41. The number of rotatable bonds is 84. The zero-order chi connectivity index (χ0) is 81.3. The fourth-order valence-corrected chi connectivity index (χ4v) is 8.42. The van der Waals surface area contributed by atoms with Gasteiger partial charge in [-0.05, 0) is 6.42 Å². The molecule has 21 unspecified atom stereocenters. The summed E-state index contributed by atoms with van der Waals surface area (Å²) in [5.41, 5.74) is -1.16. The lowest BCUT2D eigenvalue weighted by Gasteiger charge is -2.34. The summed E-state index contributed by atoms with van der Waals surface area (Å²) in [6.07, 6.45) is -23.0. The van der Waals surface area contributed by atoms with E-state index in [9.17, 15) is 102 Å². The second kappa shape index (κ2) is 71.6. The predicted molar refractivity (Wildman–Crippen MR) is 370 cm³/mol. The molecule has 0 saturated heterocycles. The molecule has 21 atom stereocenters. The quantitative estimate of drug-likeness (QED) is 0.0269. The van der Waals surface area contributed by atoms with Crippen molar-refractivity contribution >= 4 is 0 Å². The van der Waals surface area contributed by atoms with Crippen LogP contribution in [0.3, 0.4) is 0 Å². The smallest absolute Gasteiger partial charge is 0.104 e. The molecule has 0 rings (SSSR count). The van der Waals surface area contributed by atoms with Crippen molar-refractivity contribution in [2.75, 3.05) is 284 Å². The van der Waals surface area contributed by atoms with Gasteiger partial charge in [0.2, 0.25) is 0 Å². The van der Waals surface area contributed by atoms with Crippen molar-refractivity contribution in [1.29, 1.82) is 0 Å². The molecule has 0 amide bonds. The number of ether oxygens (including phenoxy) is 20. The summed E-state index contributed by atoms with van der Waals surface area (Å²) >= 11 is 0. The van der Waals surface area contributed by atoms with Crippen molar-refractivity contribution < 1.29 is 212 Å². The van der Waals surface area contributed by atoms with Crippen LogP contribution in [0.2, 0.25) is 0 Å². The van der Waals surface area contributed by atoms with Crippen LogP contribution in [-0.4, -0.2) is 524 Å². The normalized spacial score (nSPS) is 18.5. The Labute approximate surface area is 635 Å². The van der Waals surface area contributed by atoms with Gasteiger partial charge in [-0.2, -0.15) is 0 Å². The molecule has 0 radical (unpaired) electrons. The Balaban J connectivity index is 7.37. The van der Waals surface area contributed by atoms with Crippen LogP contribution < -0.4 is 0 Å². The molecule has 0 aliphatic rings. The van der Waals surface area contributed by atoms with Gasteiger partial charge in [0.25, 0.3) is 0 Å². The molecule has 109 heavy (non-hydrogen) atoms. The second-order valence-corrected chi connectivity index (χ2v) is 25.8. The average Bonchev–Trinajstić information content (AvgIpc) is 0.867. The molecule has 43 nitrogen and oxygen atoms in total.